The van der Waals surface area contributed by atoms with E-state index in [4.69, 9.17) is 4.74 Å². The van der Waals surface area contributed by atoms with E-state index in [1.807, 2.05) is 0 Å². The molecule has 2 rings (SSSR count). The maximum Gasteiger partial charge on any atom is 0.271 e. The van der Waals surface area contributed by atoms with Crippen molar-refractivity contribution in [1.29, 1.82) is 0 Å². The van der Waals surface area contributed by atoms with Crippen LogP contribution < -0.4 is 9.46 Å². The summed E-state index contributed by atoms with van der Waals surface area (Å²) in [5, 5.41) is 0. The van der Waals surface area contributed by atoms with Crippen LogP contribution in [-0.2, 0) is 10.0 Å². The molecule has 102 valence electrons. The number of ether oxygens (including phenoxy) is 1. The number of thiophene rings is 1. The first-order valence-corrected chi connectivity index (χ1v) is 8.93. The van der Waals surface area contributed by atoms with E-state index in [9.17, 15) is 8.42 Å². The molecule has 4 nitrogen and oxygen atoms in total. The molecule has 0 unspecified atom stereocenters. The van der Waals surface area contributed by atoms with Crippen molar-refractivity contribution in [2.24, 2.45) is 0 Å². The first-order chi connectivity index (χ1) is 8.94. The van der Waals surface area contributed by atoms with E-state index < -0.39 is 10.0 Å². The van der Waals surface area contributed by atoms with Crippen LogP contribution >= 0.6 is 43.2 Å². The van der Waals surface area contributed by atoms with Crippen LogP contribution in [0.3, 0.4) is 0 Å². The van der Waals surface area contributed by atoms with Crippen molar-refractivity contribution in [3.8, 4) is 5.75 Å². The van der Waals surface area contributed by atoms with Crippen molar-refractivity contribution in [2.45, 2.75) is 4.21 Å². The molecule has 1 heterocycles. The fourth-order valence-electron chi connectivity index (χ4n) is 1.38. The average molecular weight is 427 g/mol. The second-order valence-corrected chi connectivity index (χ2v) is 8.63. The molecule has 0 amide bonds. The van der Waals surface area contributed by atoms with Crippen molar-refractivity contribution >= 4 is 58.9 Å². The Hall–Kier alpha value is -0.570. The van der Waals surface area contributed by atoms with E-state index in [0.29, 0.717) is 15.9 Å². The van der Waals surface area contributed by atoms with Crippen LogP contribution in [0.5, 0.6) is 5.75 Å². The van der Waals surface area contributed by atoms with Crippen molar-refractivity contribution in [3.63, 3.8) is 0 Å². The monoisotopic (exact) mass is 425 g/mol. The highest BCUT2D eigenvalue weighted by Crippen LogP contribution is 2.36. The van der Waals surface area contributed by atoms with E-state index in [2.05, 4.69) is 36.6 Å². The molecule has 0 spiro atoms. The summed E-state index contributed by atoms with van der Waals surface area (Å²) in [5.41, 5.74) is 0.408. The minimum Gasteiger partial charge on any atom is -0.495 e. The molecule has 1 N–H and O–H groups in total. The number of methoxy groups -OCH3 is 1. The molecular formula is C11H9Br2NO3S2. The number of sulfonamides is 1. The van der Waals surface area contributed by atoms with E-state index >= 15 is 0 Å². The fourth-order valence-corrected chi connectivity index (χ4v) is 5.27. The number of benzene rings is 1. The third-order valence-corrected chi connectivity index (χ3v) is 7.33. The highest BCUT2D eigenvalue weighted by atomic mass is 79.9. The van der Waals surface area contributed by atoms with Crippen LogP contribution in [0.2, 0.25) is 0 Å². The Morgan fingerprint density at radius 1 is 1.26 bits per heavy atom. The number of anilines is 1. The van der Waals surface area contributed by atoms with Crippen molar-refractivity contribution in [1.82, 2.24) is 0 Å². The zero-order valence-electron chi connectivity index (χ0n) is 9.68. The minimum atomic E-state index is -3.62. The van der Waals surface area contributed by atoms with E-state index in [0.717, 1.165) is 15.1 Å². The molecule has 0 saturated carbocycles. The van der Waals surface area contributed by atoms with Gasteiger partial charge in [-0.05, 0) is 50.1 Å². The van der Waals surface area contributed by atoms with Crippen molar-refractivity contribution < 1.29 is 13.2 Å². The molecule has 0 aliphatic carbocycles. The molecule has 2 aromatic rings. The van der Waals surface area contributed by atoms with Gasteiger partial charge in [-0.15, -0.1) is 11.3 Å². The highest BCUT2D eigenvalue weighted by Gasteiger charge is 2.20. The van der Waals surface area contributed by atoms with Gasteiger partial charge in [-0.2, -0.15) is 0 Å². The largest absolute Gasteiger partial charge is 0.495 e. The van der Waals surface area contributed by atoms with Gasteiger partial charge >= 0.3 is 0 Å². The molecule has 0 aliphatic rings. The molecule has 19 heavy (non-hydrogen) atoms. The Balaban J connectivity index is 2.36. The number of halogens is 2. The summed E-state index contributed by atoms with van der Waals surface area (Å²) in [4.78, 5) is 0. The second-order valence-electron chi connectivity index (χ2n) is 3.49. The molecule has 0 fully saturated rings. The maximum absolute atomic E-state index is 12.2. The summed E-state index contributed by atoms with van der Waals surface area (Å²) >= 11 is 7.68. The fraction of sp³-hybridized carbons (Fsp3) is 0.0909. The number of rotatable bonds is 4. The number of hydrogen-bond donors (Lipinski definition) is 1. The number of para-hydroxylation sites is 2. The summed E-state index contributed by atoms with van der Waals surface area (Å²) in [6.07, 6.45) is 0. The molecule has 0 bridgehead atoms. The number of nitrogens with one attached hydrogen (secondary N) is 1. The van der Waals surface area contributed by atoms with Gasteiger partial charge in [0.1, 0.15) is 9.96 Å². The lowest BCUT2D eigenvalue weighted by Crippen LogP contribution is -2.12. The Kier molecular flexibility index (Phi) is 4.54. The van der Waals surface area contributed by atoms with Crippen LogP contribution in [0.4, 0.5) is 5.69 Å². The first-order valence-electron chi connectivity index (χ1n) is 5.04. The summed E-state index contributed by atoms with van der Waals surface area (Å²) in [7, 11) is -2.13. The Morgan fingerprint density at radius 3 is 2.53 bits per heavy atom. The Morgan fingerprint density at radius 2 is 1.95 bits per heavy atom. The number of hydrogen-bond acceptors (Lipinski definition) is 4. The zero-order chi connectivity index (χ0) is 14.0. The maximum atomic E-state index is 12.2. The van der Waals surface area contributed by atoms with Crippen LogP contribution in [0.25, 0.3) is 0 Å². The lowest BCUT2D eigenvalue weighted by atomic mass is 10.3. The SMILES string of the molecule is COc1ccccc1NS(=O)(=O)c1cc(Br)c(Br)s1. The van der Waals surface area contributed by atoms with Crippen LogP contribution in [0.15, 0.2) is 42.8 Å². The third-order valence-electron chi connectivity index (χ3n) is 2.24. The van der Waals surface area contributed by atoms with E-state index in [-0.39, 0.29) is 4.21 Å². The van der Waals surface area contributed by atoms with Gasteiger partial charge in [0.15, 0.2) is 0 Å². The highest BCUT2D eigenvalue weighted by molar-refractivity contribution is 9.13. The van der Waals surface area contributed by atoms with Crippen molar-refractivity contribution in [3.05, 3.63) is 38.6 Å². The lowest BCUT2D eigenvalue weighted by molar-refractivity contribution is 0.417. The Bertz CT molecular complexity index is 678. The summed E-state index contributed by atoms with van der Waals surface area (Å²) in [5.74, 6) is 0.473. The zero-order valence-corrected chi connectivity index (χ0v) is 14.5. The molecular weight excluding hydrogens is 418 g/mol. The lowest BCUT2D eigenvalue weighted by Gasteiger charge is -2.10. The quantitative estimate of drug-likeness (QED) is 0.801. The minimum absolute atomic E-state index is 0.220. The molecule has 1 aromatic carbocycles. The normalized spacial score (nSPS) is 11.3. The van der Waals surface area contributed by atoms with Gasteiger partial charge in [-0.1, -0.05) is 12.1 Å². The predicted molar refractivity (Wildman–Crippen MR) is 83.5 cm³/mol. The smallest absolute Gasteiger partial charge is 0.271 e. The molecule has 8 heteroatoms. The molecule has 0 atom stereocenters. The average Bonchev–Trinajstić information content (AvgIpc) is 2.71. The summed E-state index contributed by atoms with van der Waals surface area (Å²) in [6.45, 7) is 0. The first kappa shape index (κ1) is 14.8. The van der Waals surface area contributed by atoms with Gasteiger partial charge in [0.25, 0.3) is 10.0 Å². The topological polar surface area (TPSA) is 55.4 Å². The van der Waals surface area contributed by atoms with E-state index in [1.54, 1.807) is 30.3 Å². The van der Waals surface area contributed by atoms with Crippen LogP contribution in [0, 0.1) is 0 Å². The predicted octanol–water partition coefficient (Wildman–Crippen LogP) is 4.08. The summed E-state index contributed by atoms with van der Waals surface area (Å²) < 4.78 is 33.8. The van der Waals surface area contributed by atoms with Gasteiger partial charge in [0, 0.05) is 4.47 Å². The van der Waals surface area contributed by atoms with Gasteiger partial charge in [0.2, 0.25) is 0 Å². The van der Waals surface area contributed by atoms with Crippen LogP contribution in [-0.4, -0.2) is 15.5 Å². The van der Waals surface area contributed by atoms with E-state index in [1.165, 1.54) is 7.11 Å². The van der Waals surface area contributed by atoms with Gasteiger partial charge < -0.3 is 4.74 Å². The second kappa shape index (κ2) is 5.82. The standard InChI is InChI=1S/C11H9Br2NO3S2/c1-17-9-5-3-2-4-8(9)14-19(15,16)10-6-7(12)11(13)18-10/h2-6,14H,1H3. The third kappa shape index (κ3) is 3.31. The molecule has 1 aromatic heterocycles. The van der Waals surface area contributed by atoms with Gasteiger partial charge in [-0.25, -0.2) is 8.42 Å². The van der Waals surface area contributed by atoms with Crippen molar-refractivity contribution in [2.75, 3.05) is 11.8 Å². The van der Waals surface area contributed by atoms with Crippen LogP contribution in [0.1, 0.15) is 0 Å². The summed E-state index contributed by atoms with van der Waals surface area (Å²) in [6, 6.07) is 8.40. The van der Waals surface area contributed by atoms with Gasteiger partial charge in [0.05, 0.1) is 16.6 Å². The molecule has 0 aliphatic heterocycles. The molecule has 0 saturated heterocycles. The Labute approximate surface area is 132 Å². The van der Waals surface area contributed by atoms with Gasteiger partial charge in [-0.3, -0.25) is 4.72 Å². The molecule has 0 radical (unpaired) electrons.